The van der Waals surface area contributed by atoms with Crippen molar-refractivity contribution in [2.45, 2.75) is 116 Å². The van der Waals surface area contributed by atoms with Crippen molar-refractivity contribution in [3.63, 3.8) is 0 Å². The molecule has 0 fully saturated rings. The van der Waals surface area contributed by atoms with Crippen molar-refractivity contribution >= 4 is 0 Å². The molecule has 19 rings (SSSR count). The van der Waals surface area contributed by atoms with Crippen molar-refractivity contribution < 1.29 is 71.1 Å². The molecule has 15 nitrogen and oxygen atoms in total. The van der Waals surface area contributed by atoms with Crippen LogP contribution in [0.15, 0.2) is 273 Å². The quantitative estimate of drug-likeness (QED) is 0.0674. The molecule has 0 amide bonds. The summed E-state index contributed by atoms with van der Waals surface area (Å²) in [6.07, 6.45) is 9.76. The van der Waals surface area contributed by atoms with Gasteiger partial charge < -0.3 is 71.1 Å². The molecule has 0 aromatic heterocycles. The van der Waals surface area contributed by atoms with Crippen molar-refractivity contribution in [2.24, 2.45) is 0 Å². The summed E-state index contributed by atoms with van der Waals surface area (Å²) in [7, 11) is 26.7. The van der Waals surface area contributed by atoms with Crippen LogP contribution in [-0.4, -0.2) is 107 Å². The molecule has 30 bridgehead atoms. The first kappa shape index (κ1) is 97.3. The molecule has 16 aromatic carbocycles. The van der Waals surface area contributed by atoms with Crippen LogP contribution in [0.2, 0.25) is 0 Å². The van der Waals surface area contributed by atoms with Gasteiger partial charge in [-0.1, -0.05) is 273 Å². The number of para-hydroxylation sites is 12. The van der Waals surface area contributed by atoms with Crippen LogP contribution in [-0.2, 0) is 116 Å². The minimum atomic E-state index is 0.495. The molecular weight excluding hydrogens is 1790 g/mol. The van der Waals surface area contributed by atoms with E-state index in [0.29, 0.717) is 116 Å². The number of benzene rings is 16. The summed E-state index contributed by atoms with van der Waals surface area (Å²) in [6, 6.07) is 99.2. The minimum Gasteiger partial charge on any atom is -0.496 e. The molecule has 0 spiro atoms. The van der Waals surface area contributed by atoms with Gasteiger partial charge >= 0.3 is 0 Å². The lowest BCUT2D eigenvalue weighted by molar-refractivity contribution is 0.395. The normalized spacial score (nSPS) is 12.8. The Kier molecular flexibility index (Phi) is 29.7. The highest BCUT2D eigenvalue weighted by Gasteiger charge is 2.30. The summed E-state index contributed by atoms with van der Waals surface area (Å²) in [4.78, 5) is 0. The summed E-state index contributed by atoms with van der Waals surface area (Å²) in [5.41, 5.74) is 37.7. The second kappa shape index (κ2) is 43.9. The van der Waals surface area contributed by atoms with Gasteiger partial charge in [0.15, 0.2) is 0 Å². The van der Waals surface area contributed by atoms with Gasteiger partial charge in [-0.15, -0.1) is 0 Å². The highest BCUT2D eigenvalue weighted by atomic mass is 16.5. The lowest BCUT2D eigenvalue weighted by Crippen LogP contribution is -2.08. The third kappa shape index (κ3) is 20.2. The second-order valence-electron chi connectivity index (χ2n) is 38.0. The maximum absolute atomic E-state index is 6.83. The van der Waals surface area contributed by atoms with Crippen LogP contribution < -0.4 is 71.1 Å². The molecule has 0 radical (unpaired) electrons. The van der Waals surface area contributed by atoms with E-state index in [0.717, 1.165) is 287 Å². The summed E-state index contributed by atoms with van der Waals surface area (Å²) in [5.74, 6) is 12.2. The van der Waals surface area contributed by atoms with E-state index in [-0.39, 0.29) is 0 Å². The number of hydrogen-bond acceptors (Lipinski definition) is 15. The van der Waals surface area contributed by atoms with E-state index in [1.54, 1.807) is 107 Å². The van der Waals surface area contributed by atoms with Crippen LogP contribution in [0.3, 0.4) is 0 Å². The summed E-state index contributed by atoms with van der Waals surface area (Å²) >= 11 is 0. The fraction of sp³-hybridized carbons (Fsp3) is 0.256. The zero-order chi connectivity index (χ0) is 99.6. The van der Waals surface area contributed by atoms with E-state index in [1.807, 2.05) is 0 Å². The van der Waals surface area contributed by atoms with Gasteiger partial charge in [-0.3, -0.25) is 0 Å². The monoisotopic (exact) mass is 1910 g/mol. The molecule has 15 heteroatoms. The largest absolute Gasteiger partial charge is 0.496 e. The average molecular weight is 1920 g/mol. The van der Waals surface area contributed by atoms with E-state index in [1.165, 1.54) is 0 Å². The molecule has 144 heavy (non-hydrogen) atoms. The molecule has 0 N–H and O–H groups in total. The molecule has 0 saturated heterocycles. The fourth-order valence-electron chi connectivity index (χ4n) is 23.4. The fourth-order valence-corrected chi connectivity index (χ4v) is 23.4. The molecule has 16 aromatic rings. The van der Waals surface area contributed by atoms with Crippen LogP contribution in [0, 0.1) is 0 Å². The topological polar surface area (TPSA) is 138 Å². The van der Waals surface area contributed by atoms with Gasteiger partial charge in [-0.2, -0.15) is 0 Å². The van der Waals surface area contributed by atoms with E-state index in [9.17, 15) is 0 Å². The van der Waals surface area contributed by atoms with Crippen LogP contribution >= 0.6 is 0 Å². The number of rotatable bonds is 21. The van der Waals surface area contributed by atoms with Crippen molar-refractivity contribution in [3.05, 3.63) is 473 Å². The van der Waals surface area contributed by atoms with Gasteiger partial charge in [0, 0.05) is 96.3 Å². The molecule has 0 unspecified atom stereocenters. The molecule has 0 saturated carbocycles. The van der Waals surface area contributed by atoms with E-state index in [4.69, 9.17) is 71.1 Å². The van der Waals surface area contributed by atoms with Crippen molar-refractivity contribution in [3.8, 4) is 86.2 Å². The highest BCUT2D eigenvalue weighted by molar-refractivity contribution is 5.65. The Labute approximate surface area is 847 Å². The zero-order valence-electron chi connectivity index (χ0n) is 85.3. The Morgan fingerprint density at radius 1 is 0.111 bits per heavy atom. The minimum absolute atomic E-state index is 0.495. The molecule has 0 heterocycles. The summed E-state index contributed by atoms with van der Waals surface area (Å²) in [6.45, 7) is 0. The second-order valence-corrected chi connectivity index (χ2v) is 38.0. The van der Waals surface area contributed by atoms with E-state index in [2.05, 4.69) is 273 Å². The lowest BCUT2D eigenvalue weighted by Gasteiger charge is -2.22. The third-order valence-electron chi connectivity index (χ3n) is 29.2. The Morgan fingerprint density at radius 2 is 0.188 bits per heavy atom. The van der Waals surface area contributed by atoms with Gasteiger partial charge in [0.2, 0.25) is 0 Å². The molecular formula is C129H126O15. The Balaban J connectivity index is 0.804. The van der Waals surface area contributed by atoms with Gasteiger partial charge in [-0.25, -0.2) is 0 Å². The Morgan fingerprint density at radius 3 is 0.278 bits per heavy atom. The smallest absolute Gasteiger partial charge is 0.125 e. The maximum Gasteiger partial charge on any atom is 0.125 e. The van der Waals surface area contributed by atoms with Crippen molar-refractivity contribution in [1.82, 2.24) is 0 Å². The van der Waals surface area contributed by atoms with Crippen LogP contribution in [0.25, 0.3) is 0 Å². The van der Waals surface area contributed by atoms with Crippen LogP contribution in [0.4, 0.5) is 0 Å². The standard InChI is InChI=1S/C129H126O15/c1-130-115-85-28-16-34-91(115)67-97-40-22-46-103(121(97)136-7)73-109-58-82(59-110(127(109)142-13)74-104-47-23-41-98(122(104)137-8)68-92-35-17-29-86(64-85)116(92)131-2)55-79-52-80(56-83-60-111-75-105-48-24-42-99(123(105)138-9)69-93-36-18-30-87(117(93)132-3)65-88-31-19-37-94(118(88)133-4)70-100-43-25-49-106(124(100)139-10)76-112(61-83)128(111)143-14)54-81(53-79)57-84-62-113-77-107-50-26-44-101(125(107)140-11)71-95-38-20-32-89(119(95)134-5)66-90-33-21-39-96(120(90)135-6)72-102-45-27-51-108(126(102)141-12)78-114(63-84)129(113)144-15/h16-54,58-63H,55-57,64-78H2,1-15H3. The Bertz CT molecular complexity index is 6370. The number of methoxy groups -OCH3 is 15. The third-order valence-corrected chi connectivity index (χ3v) is 29.2. The number of fused-ring (bicyclic) bond motifs is 30. The maximum atomic E-state index is 6.83. The van der Waals surface area contributed by atoms with Crippen LogP contribution in [0.5, 0.6) is 86.2 Å². The van der Waals surface area contributed by atoms with Crippen molar-refractivity contribution in [1.29, 1.82) is 0 Å². The molecule has 0 aliphatic heterocycles. The molecule has 732 valence electrons. The lowest BCUT2D eigenvalue weighted by atomic mass is 9.87. The summed E-state index contributed by atoms with van der Waals surface area (Å²) in [5, 5.41) is 0. The molecule has 0 atom stereocenters. The first-order chi connectivity index (χ1) is 70.6. The van der Waals surface area contributed by atoms with Crippen LogP contribution in [0.1, 0.15) is 200 Å². The van der Waals surface area contributed by atoms with Crippen molar-refractivity contribution in [2.75, 3.05) is 107 Å². The first-order valence-corrected chi connectivity index (χ1v) is 49.5. The average Bonchev–Trinajstić information content (AvgIpc) is 0.781. The molecule has 3 aliphatic carbocycles. The number of ether oxygens (including phenoxy) is 15. The SMILES string of the molecule is COc1c2cccc1Cc1cccc(c1OC)Cc1cc(Cc3cc(Cc4cc5c(OC)c(c4)Cc4cccc(c4OC)Cc4cccc(c4OC)Cc4cccc(c4OC)Cc4cccc(c4OC)C5)cc(Cc4cc5c(OC)c(c4)Cc4cccc(c4OC)Cc4cccc(c4OC)Cc4cccc(c4OC)Cc4cccc(c4OC)C5)c3)cc(c1OC)Cc1cccc(c1OC)Cc1cccc(c1OC)C2. The van der Waals surface area contributed by atoms with E-state index < -0.39 is 0 Å². The predicted octanol–water partition coefficient (Wildman–Crippen LogP) is 25.4. The number of hydrogen-bond donors (Lipinski definition) is 0. The first-order valence-electron chi connectivity index (χ1n) is 49.5. The van der Waals surface area contributed by atoms with Gasteiger partial charge in [0.1, 0.15) is 86.2 Å². The summed E-state index contributed by atoms with van der Waals surface area (Å²) < 4.78 is 98.9. The van der Waals surface area contributed by atoms with Gasteiger partial charge in [0.05, 0.1) is 107 Å². The Hall–Kier alpha value is -15.5. The zero-order valence-corrected chi connectivity index (χ0v) is 85.3. The predicted molar refractivity (Wildman–Crippen MR) is 572 cm³/mol. The van der Waals surface area contributed by atoms with Gasteiger partial charge in [-0.05, 0) is 220 Å². The molecule has 3 aliphatic rings. The van der Waals surface area contributed by atoms with E-state index >= 15 is 0 Å². The van der Waals surface area contributed by atoms with Gasteiger partial charge in [0.25, 0.3) is 0 Å². The highest BCUT2D eigenvalue weighted by Crippen LogP contribution is 2.48.